The number of rotatable bonds is 10. The van der Waals surface area contributed by atoms with Crippen LogP contribution in [-0.2, 0) is 14.3 Å². The summed E-state index contributed by atoms with van der Waals surface area (Å²) < 4.78 is 5.47. The first-order valence-corrected chi connectivity index (χ1v) is 11.6. The summed E-state index contributed by atoms with van der Waals surface area (Å²) in [5.74, 6) is 2.21. The van der Waals surface area contributed by atoms with Crippen LogP contribution in [0.4, 0.5) is 0 Å². The van der Waals surface area contributed by atoms with E-state index in [1.54, 1.807) is 0 Å². The van der Waals surface area contributed by atoms with Gasteiger partial charge in [0, 0.05) is 26.2 Å². The Balaban J connectivity index is 1.70. The fourth-order valence-electron chi connectivity index (χ4n) is 4.82. The maximum atomic E-state index is 12.2. The van der Waals surface area contributed by atoms with E-state index < -0.39 is 0 Å². The van der Waals surface area contributed by atoms with Crippen molar-refractivity contribution < 1.29 is 14.3 Å². The standard InChI is InChI=1S/C23H43N3O3/c1-18(2)14-24(5)22(16-27)15-25-10-6-20(7-11-25)21-8-12-26(13-9-21)23(28)17-29-19(3)4/h16,18-22H,6-15,17H2,1-5H3. The lowest BCUT2D eigenvalue weighted by Gasteiger charge is -2.41. The van der Waals surface area contributed by atoms with Gasteiger partial charge in [0.15, 0.2) is 0 Å². The highest BCUT2D eigenvalue weighted by molar-refractivity contribution is 5.77. The fourth-order valence-corrected chi connectivity index (χ4v) is 4.82. The van der Waals surface area contributed by atoms with Crippen LogP contribution in [0.1, 0.15) is 53.4 Å². The van der Waals surface area contributed by atoms with Gasteiger partial charge in [-0.3, -0.25) is 9.69 Å². The second kappa shape index (κ2) is 12.0. The van der Waals surface area contributed by atoms with Crippen LogP contribution in [0, 0.1) is 17.8 Å². The molecule has 0 saturated carbocycles. The first-order chi connectivity index (χ1) is 13.8. The summed E-state index contributed by atoms with van der Waals surface area (Å²) in [4.78, 5) is 30.5. The SMILES string of the molecule is CC(C)CN(C)C(C=O)CN1CCC(C2CCN(C(=O)COC(C)C)CC2)CC1. The van der Waals surface area contributed by atoms with E-state index in [9.17, 15) is 9.59 Å². The van der Waals surface area contributed by atoms with Crippen LogP contribution in [-0.4, -0.2) is 92.0 Å². The van der Waals surface area contributed by atoms with Crippen LogP contribution < -0.4 is 0 Å². The van der Waals surface area contributed by atoms with Crippen molar-refractivity contribution in [1.82, 2.24) is 14.7 Å². The Morgan fingerprint density at radius 1 is 1.03 bits per heavy atom. The number of ether oxygens (including phenoxy) is 1. The third-order valence-electron chi connectivity index (χ3n) is 6.55. The van der Waals surface area contributed by atoms with E-state index in [0.717, 1.165) is 70.2 Å². The molecule has 1 amide bonds. The molecule has 0 aromatic heterocycles. The maximum Gasteiger partial charge on any atom is 0.248 e. The van der Waals surface area contributed by atoms with E-state index in [2.05, 4.69) is 30.7 Å². The Labute approximate surface area is 177 Å². The van der Waals surface area contributed by atoms with Gasteiger partial charge in [0.1, 0.15) is 12.9 Å². The van der Waals surface area contributed by atoms with Crippen molar-refractivity contribution in [1.29, 1.82) is 0 Å². The lowest BCUT2D eigenvalue weighted by Crippen LogP contribution is -2.48. The molecule has 0 aromatic carbocycles. The third kappa shape index (κ3) is 7.99. The summed E-state index contributed by atoms with van der Waals surface area (Å²) >= 11 is 0. The van der Waals surface area contributed by atoms with Gasteiger partial charge in [-0.05, 0) is 77.4 Å². The van der Waals surface area contributed by atoms with Crippen molar-refractivity contribution in [2.75, 3.05) is 52.9 Å². The van der Waals surface area contributed by atoms with Gasteiger partial charge in [-0.2, -0.15) is 0 Å². The number of likely N-dealkylation sites (N-methyl/N-ethyl adjacent to an activating group) is 1. The zero-order valence-electron chi connectivity index (χ0n) is 19.3. The van der Waals surface area contributed by atoms with E-state index >= 15 is 0 Å². The van der Waals surface area contributed by atoms with Crippen LogP contribution in [0.15, 0.2) is 0 Å². The number of amides is 1. The van der Waals surface area contributed by atoms with Crippen molar-refractivity contribution in [3.05, 3.63) is 0 Å². The second-order valence-electron chi connectivity index (χ2n) is 9.75. The molecule has 2 fully saturated rings. The first kappa shape index (κ1) is 24.3. The van der Waals surface area contributed by atoms with Crippen LogP contribution >= 0.6 is 0 Å². The molecule has 2 heterocycles. The number of likely N-dealkylation sites (tertiary alicyclic amines) is 2. The Bertz CT molecular complexity index is 496. The fraction of sp³-hybridized carbons (Fsp3) is 0.913. The van der Waals surface area contributed by atoms with E-state index in [-0.39, 0.29) is 24.7 Å². The van der Waals surface area contributed by atoms with Gasteiger partial charge in [-0.15, -0.1) is 0 Å². The summed E-state index contributed by atoms with van der Waals surface area (Å²) in [5.41, 5.74) is 0. The van der Waals surface area contributed by atoms with Crippen LogP contribution in [0.3, 0.4) is 0 Å². The minimum absolute atomic E-state index is 0.00346. The number of nitrogens with zero attached hydrogens (tertiary/aromatic N) is 3. The second-order valence-corrected chi connectivity index (χ2v) is 9.75. The van der Waals surface area contributed by atoms with E-state index in [4.69, 9.17) is 4.74 Å². The molecule has 0 N–H and O–H groups in total. The molecule has 6 heteroatoms. The number of aldehydes is 1. The molecule has 1 unspecified atom stereocenters. The first-order valence-electron chi connectivity index (χ1n) is 11.6. The minimum atomic E-state index is -0.00346. The highest BCUT2D eigenvalue weighted by Crippen LogP contribution is 2.32. The molecule has 1 atom stereocenters. The van der Waals surface area contributed by atoms with Crippen molar-refractivity contribution in [3.8, 4) is 0 Å². The highest BCUT2D eigenvalue weighted by Gasteiger charge is 2.31. The van der Waals surface area contributed by atoms with Gasteiger partial charge >= 0.3 is 0 Å². The predicted octanol–water partition coefficient (Wildman–Crippen LogP) is 2.52. The van der Waals surface area contributed by atoms with Gasteiger partial charge < -0.3 is 19.3 Å². The zero-order chi connectivity index (χ0) is 21.4. The Morgan fingerprint density at radius 3 is 2.07 bits per heavy atom. The Morgan fingerprint density at radius 2 is 1.59 bits per heavy atom. The van der Waals surface area contributed by atoms with Gasteiger partial charge in [-0.1, -0.05) is 13.8 Å². The molecule has 0 bridgehead atoms. The number of carbonyl (C=O) groups is 2. The molecule has 6 nitrogen and oxygen atoms in total. The Kier molecular flexibility index (Phi) is 10.1. The Hall–Kier alpha value is -0.980. The smallest absolute Gasteiger partial charge is 0.248 e. The van der Waals surface area contributed by atoms with Gasteiger partial charge in [-0.25, -0.2) is 0 Å². The number of carbonyl (C=O) groups excluding carboxylic acids is 2. The quantitative estimate of drug-likeness (QED) is 0.519. The lowest BCUT2D eigenvalue weighted by atomic mass is 9.78. The predicted molar refractivity (Wildman–Crippen MR) is 117 cm³/mol. The normalized spacial score (nSPS) is 21.3. The average molecular weight is 410 g/mol. The van der Waals surface area contributed by atoms with Crippen LogP contribution in [0.2, 0.25) is 0 Å². The largest absolute Gasteiger partial charge is 0.369 e. The number of hydrogen-bond donors (Lipinski definition) is 0. The topological polar surface area (TPSA) is 53.1 Å². The van der Waals surface area contributed by atoms with Gasteiger partial charge in [0.25, 0.3) is 0 Å². The molecule has 2 aliphatic heterocycles. The monoisotopic (exact) mass is 409 g/mol. The molecule has 29 heavy (non-hydrogen) atoms. The van der Waals surface area contributed by atoms with E-state index in [0.29, 0.717) is 5.92 Å². The average Bonchev–Trinajstić information content (AvgIpc) is 2.70. The van der Waals surface area contributed by atoms with E-state index in [1.807, 2.05) is 18.7 Å². The molecule has 168 valence electrons. The maximum absolute atomic E-state index is 12.2. The molecule has 0 radical (unpaired) electrons. The van der Waals surface area contributed by atoms with Crippen molar-refractivity contribution in [2.45, 2.75) is 65.5 Å². The van der Waals surface area contributed by atoms with Gasteiger partial charge in [0.05, 0.1) is 12.1 Å². The zero-order valence-corrected chi connectivity index (χ0v) is 19.3. The summed E-state index contributed by atoms with van der Waals surface area (Å²) in [6.45, 7) is 14.3. The van der Waals surface area contributed by atoms with Crippen molar-refractivity contribution in [3.63, 3.8) is 0 Å². The highest BCUT2D eigenvalue weighted by atomic mass is 16.5. The lowest BCUT2D eigenvalue weighted by molar-refractivity contribution is -0.139. The van der Waals surface area contributed by atoms with Crippen LogP contribution in [0.5, 0.6) is 0 Å². The summed E-state index contributed by atoms with van der Waals surface area (Å²) in [5, 5.41) is 0. The summed E-state index contributed by atoms with van der Waals surface area (Å²) in [7, 11) is 2.06. The third-order valence-corrected chi connectivity index (χ3v) is 6.55. The molecular formula is C23H43N3O3. The molecule has 2 saturated heterocycles. The molecule has 0 spiro atoms. The number of hydrogen-bond acceptors (Lipinski definition) is 5. The molecular weight excluding hydrogens is 366 g/mol. The minimum Gasteiger partial charge on any atom is -0.369 e. The van der Waals surface area contributed by atoms with Crippen molar-refractivity contribution in [2.24, 2.45) is 17.8 Å². The molecule has 0 aromatic rings. The molecule has 2 aliphatic rings. The summed E-state index contributed by atoms with van der Waals surface area (Å²) in [6, 6.07) is -0.00346. The summed E-state index contributed by atoms with van der Waals surface area (Å²) in [6.07, 6.45) is 5.89. The van der Waals surface area contributed by atoms with Gasteiger partial charge in [0.2, 0.25) is 5.91 Å². The number of piperidine rings is 2. The van der Waals surface area contributed by atoms with Crippen molar-refractivity contribution >= 4 is 12.2 Å². The molecule has 2 rings (SSSR count). The van der Waals surface area contributed by atoms with Crippen LogP contribution in [0.25, 0.3) is 0 Å². The molecule has 0 aliphatic carbocycles. The van der Waals surface area contributed by atoms with E-state index in [1.165, 1.54) is 12.8 Å².